The summed E-state index contributed by atoms with van der Waals surface area (Å²) in [6.07, 6.45) is 1.10. The Hall–Kier alpha value is -3.93. The number of piperidine rings is 1. The number of amidine groups is 1. The van der Waals surface area contributed by atoms with Gasteiger partial charge in [-0.25, -0.2) is 0 Å². The average molecular weight is 497 g/mol. The number of hydrogen-bond acceptors (Lipinski definition) is 8. The fourth-order valence-electron chi connectivity index (χ4n) is 4.31. The normalized spacial score (nSPS) is 17.0. The summed E-state index contributed by atoms with van der Waals surface area (Å²) < 4.78 is 39.3. The molecule has 3 heterocycles. The number of hydrogen-bond donors (Lipinski definition) is 2. The van der Waals surface area contributed by atoms with Gasteiger partial charge in [0.1, 0.15) is 16.4 Å². The van der Waals surface area contributed by atoms with Gasteiger partial charge in [0.25, 0.3) is 10.0 Å². The predicted octanol–water partition coefficient (Wildman–Crippen LogP) is 2.29. The molecule has 0 atom stereocenters. The van der Waals surface area contributed by atoms with E-state index in [0.29, 0.717) is 60.2 Å². The minimum atomic E-state index is -3.67. The zero-order valence-corrected chi connectivity index (χ0v) is 20.0. The molecule has 1 fully saturated rings. The van der Waals surface area contributed by atoms with Gasteiger partial charge in [0.15, 0.2) is 11.7 Å². The standard InChI is InChI=1S/C23H24N6O5S/c1-33-15-7-8-16(18(13-15)34-2)20-24-23(27-26-20)25-22(30)14-9-11-29(12-10-14)21-17-5-3-4-6-19(17)35(31,32)28-21/h3-8,13-14H,9-12H2,1-2H3,(H2,24,25,26,27,30). The van der Waals surface area contributed by atoms with Crippen LogP contribution in [0.2, 0.25) is 0 Å². The van der Waals surface area contributed by atoms with Crippen molar-refractivity contribution in [1.82, 2.24) is 20.1 Å². The van der Waals surface area contributed by atoms with Crippen LogP contribution in [0.1, 0.15) is 18.4 Å². The maximum Gasteiger partial charge on any atom is 0.285 e. The summed E-state index contributed by atoms with van der Waals surface area (Å²) in [7, 11) is -0.550. The highest BCUT2D eigenvalue weighted by Crippen LogP contribution is 2.32. The van der Waals surface area contributed by atoms with Crippen LogP contribution in [0, 0.1) is 5.92 Å². The van der Waals surface area contributed by atoms with E-state index in [1.165, 1.54) is 0 Å². The van der Waals surface area contributed by atoms with E-state index in [2.05, 4.69) is 24.9 Å². The minimum absolute atomic E-state index is 0.172. The summed E-state index contributed by atoms with van der Waals surface area (Å²) in [5.74, 6) is 1.85. The molecule has 0 spiro atoms. The lowest BCUT2D eigenvalue weighted by molar-refractivity contribution is -0.121. The molecule has 0 unspecified atom stereocenters. The van der Waals surface area contributed by atoms with Gasteiger partial charge in [0.2, 0.25) is 11.9 Å². The molecule has 12 heteroatoms. The summed E-state index contributed by atoms with van der Waals surface area (Å²) in [5.41, 5.74) is 1.29. The molecule has 0 aliphatic carbocycles. The number of H-pyrrole nitrogens is 1. The Labute approximate surface area is 202 Å². The van der Waals surface area contributed by atoms with E-state index < -0.39 is 10.0 Å². The number of amides is 1. The SMILES string of the molecule is COc1ccc(-c2nc(NC(=O)C3CCN(C4=NS(=O)(=O)c5ccccc54)CC3)n[nH]2)c(OC)c1. The molecular formula is C23H24N6O5S. The lowest BCUT2D eigenvalue weighted by atomic mass is 9.95. The highest BCUT2D eigenvalue weighted by atomic mass is 32.2. The molecule has 1 aromatic heterocycles. The lowest BCUT2D eigenvalue weighted by Crippen LogP contribution is -2.41. The molecule has 2 aromatic carbocycles. The maximum atomic E-state index is 12.9. The van der Waals surface area contributed by atoms with Gasteiger partial charge >= 0.3 is 0 Å². The van der Waals surface area contributed by atoms with Crippen LogP contribution >= 0.6 is 0 Å². The van der Waals surface area contributed by atoms with Gasteiger partial charge in [-0.2, -0.15) is 13.4 Å². The van der Waals surface area contributed by atoms with E-state index in [9.17, 15) is 13.2 Å². The van der Waals surface area contributed by atoms with Crippen molar-refractivity contribution in [3.63, 3.8) is 0 Å². The number of aromatic amines is 1. The van der Waals surface area contributed by atoms with E-state index >= 15 is 0 Å². The van der Waals surface area contributed by atoms with Crippen LogP contribution in [0.15, 0.2) is 51.8 Å². The molecule has 1 amide bonds. The number of likely N-dealkylation sites (tertiary alicyclic amines) is 1. The van der Waals surface area contributed by atoms with Crippen LogP contribution in [0.5, 0.6) is 11.5 Å². The first-order valence-corrected chi connectivity index (χ1v) is 12.5. The third-order valence-corrected chi connectivity index (χ3v) is 7.49. The van der Waals surface area contributed by atoms with Crippen LogP contribution in [0.3, 0.4) is 0 Å². The molecule has 11 nitrogen and oxygen atoms in total. The smallest absolute Gasteiger partial charge is 0.285 e. The van der Waals surface area contributed by atoms with Gasteiger partial charge < -0.3 is 14.4 Å². The number of rotatable bonds is 5. The average Bonchev–Trinajstić information content (AvgIpc) is 3.45. The second-order valence-corrected chi connectivity index (χ2v) is 9.78. The number of sulfonamides is 1. The largest absolute Gasteiger partial charge is 0.497 e. The summed E-state index contributed by atoms with van der Waals surface area (Å²) >= 11 is 0. The van der Waals surface area contributed by atoms with Crippen molar-refractivity contribution >= 4 is 27.7 Å². The number of methoxy groups -OCH3 is 2. The predicted molar refractivity (Wildman–Crippen MR) is 128 cm³/mol. The number of carbonyl (C=O) groups is 1. The molecule has 3 aromatic rings. The first-order chi connectivity index (χ1) is 16.9. The van der Waals surface area contributed by atoms with Gasteiger partial charge in [-0.1, -0.05) is 12.1 Å². The first kappa shape index (κ1) is 22.8. The summed E-state index contributed by atoms with van der Waals surface area (Å²) in [5, 5.41) is 9.71. The number of nitrogens with zero attached hydrogens (tertiary/aromatic N) is 4. The molecule has 1 saturated heterocycles. The van der Waals surface area contributed by atoms with Crippen LogP contribution in [0.4, 0.5) is 5.95 Å². The van der Waals surface area contributed by atoms with Gasteiger partial charge in [-0.15, -0.1) is 9.50 Å². The van der Waals surface area contributed by atoms with E-state index in [1.807, 2.05) is 4.90 Å². The Morgan fingerprint density at radius 1 is 1.09 bits per heavy atom. The molecule has 35 heavy (non-hydrogen) atoms. The Bertz CT molecular complexity index is 1410. The number of ether oxygens (including phenoxy) is 2. The lowest BCUT2D eigenvalue weighted by Gasteiger charge is -2.32. The molecule has 5 rings (SSSR count). The molecule has 0 bridgehead atoms. The zero-order chi connectivity index (χ0) is 24.6. The van der Waals surface area contributed by atoms with Crippen molar-refractivity contribution < 1.29 is 22.7 Å². The number of nitrogens with one attached hydrogen (secondary N) is 2. The van der Waals surface area contributed by atoms with Crippen molar-refractivity contribution in [3.05, 3.63) is 48.0 Å². The van der Waals surface area contributed by atoms with E-state index in [4.69, 9.17) is 9.47 Å². The fourth-order valence-corrected chi connectivity index (χ4v) is 5.54. The number of benzene rings is 2. The second kappa shape index (κ2) is 9.02. The van der Waals surface area contributed by atoms with Gasteiger partial charge in [-0.3, -0.25) is 15.2 Å². The van der Waals surface area contributed by atoms with Gasteiger partial charge in [0.05, 0.1) is 19.8 Å². The Kier molecular flexibility index (Phi) is 5.89. The third kappa shape index (κ3) is 4.32. The number of aromatic nitrogens is 3. The molecule has 182 valence electrons. The molecule has 0 radical (unpaired) electrons. The van der Waals surface area contributed by atoms with Crippen LogP contribution in [0.25, 0.3) is 11.4 Å². The van der Waals surface area contributed by atoms with Crippen molar-refractivity contribution in [1.29, 1.82) is 0 Å². The Balaban J connectivity index is 1.23. The summed E-state index contributed by atoms with van der Waals surface area (Å²) in [6, 6.07) is 12.1. The van der Waals surface area contributed by atoms with Crippen molar-refractivity contribution in [2.45, 2.75) is 17.7 Å². The number of carbonyl (C=O) groups excluding carboxylic acids is 1. The van der Waals surface area contributed by atoms with E-state index in [0.717, 1.165) is 0 Å². The van der Waals surface area contributed by atoms with Crippen molar-refractivity contribution in [2.24, 2.45) is 10.3 Å². The van der Waals surface area contributed by atoms with Crippen LogP contribution < -0.4 is 14.8 Å². The Morgan fingerprint density at radius 3 is 2.60 bits per heavy atom. The fraction of sp³-hybridized carbons (Fsp3) is 0.304. The number of anilines is 1. The maximum absolute atomic E-state index is 12.9. The quantitative estimate of drug-likeness (QED) is 0.549. The third-order valence-electron chi connectivity index (χ3n) is 6.16. The topological polar surface area (TPSA) is 139 Å². The molecule has 0 saturated carbocycles. The van der Waals surface area contributed by atoms with Crippen molar-refractivity contribution in [2.75, 3.05) is 32.6 Å². The Morgan fingerprint density at radius 2 is 1.86 bits per heavy atom. The summed E-state index contributed by atoms with van der Waals surface area (Å²) in [4.78, 5) is 19.4. The van der Waals surface area contributed by atoms with Crippen LogP contribution in [-0.2, 0) is 14.8 Å². The summed E-state index contributed by atoms with van der Waals surface area (Å²) in [6.45, 7) is 1.03. The van der Waals surface area contributed by atoms with E-state index in [1.54, 1.807) is 56.7 Å². The molecule has 2 aliphatic heterocycles. The van der Waals surface area contributed by atoms with Crippen LogP contribution in [-0.4, -0.2) is 67.6 Å². The molecule has 2 N–H and O–H groups in total. The minimum Gasteiger partial charge on any atom is -0.497 e. The first-order valence-electron chi connectivity index (χ1n) is 11.0. The van der Waals surface area contributed by atoms with Crippen molar-refractivity contribution in [3.8, 4) is 22.9 Å². The highest BCUT2D eigenvalue weighted by Gasteiger charge is 2.34. The monoisotopic (exact) mass is 496 g/mol. The van der Waals surface area contributed by atoms with Gasteiger partial charge in [0, 0.05) is 30.6 Å². The highest BCUT2D eigenvalue weighted by molar-refractivity contribution is 7.90. The van der Waals surface area contributed by atoms with Gasteiger partial charge in [-0.05, 0) is 37.1 Å². The molecule has 2 aliphatic rings. The molecular weight excluding hydrogens is 472 g/mol. The number of fused-ring (bicyclic) bond motifs is 1. The second-order valence-electron chi connectivity index (χ2n) is 8.21. The zero-order valence-electron chi connectivity index (χ0n) is 19.2. The van der Waals surface area contributed by atoms with E-state index in [-0.39, 0.29) is 22.7 Å².